The third kappa shape index (κ3) is 3.94. The van der Waals surface area contributed by atoms with Gasteiger partial charge < -0.3 is 5.32 Å². The van der Waals surface area contributed by atoms with E-state index in [1.54, 1.807) is 15.9 Å². The van der Waals surface area contributed by atoms with Gasteiger partial charge in [-0.25, -0.2) is 4.98 Å². The van der Waals surface area contributed by atoms with Gasteiger partial charge in [0, 0.05) is 10.9 Å². The Morgan fingerprint density at radius 3 is 2.68 bits per heavy atom. The van der Waals surface area contributed by atoms with Crippen molar-refractivity contribution in [2.75, 3.05) is 0 Å². The lowest BCUT2D eigenvalue weighted by molar-refractivity contribution is -0.120. The average Bonchev–Trinajstić information content (AvgIpc) is 3.47. The van der Waals surface area contributed by atoms with Crippen LogP contribution in [0.5, 0.6) is 0 Å². The fourth-order valence-corrected chi connectivity index (χ4v) is 6.86. The van der Waals surface area contributed by atoms with Gasteiger partial charge in [-0.15, -0.1) is 11.3 Å². The highest BCUT2D eigenvalue weighted by molar-refractivity contribution is 8.00. The molecule has 1 saturated carbocycles. The van der Waals surface area contributed by atoms with Crippen LogP contribution in [0.4, 0.5) is 0 Å². The van der Waals surface area contributed by atoms with Crippen molar-refractivity contribution in [1.29, 1.82) is 0 Å². The van der Waals surface area contributed by atoms with Crippen LogP contribution in [0.3, 0.4) is 0 Å². The van der Waals surface area contributed by atoms with E-state index in [0.29, 0.717) is 5.16 Å². The van der Waals surface area contributed by atoms with Crippen LogP contribution in [0.15, 0.2) is 34.2 Å². The van der Waals surface area contributed by atoms with Gasteiger partial charge in [0.25, 0.3) is 5.56 Å². The van der Waals surface area contributed by atoms with Crippen LogP contribution >= 0.6 is 23.1 Å². The van der Waals surface area contributed by atoms with Crippen molar-refractivity contribution in [3.63, 3.8) is 0 Å². The predicted octanol–water partition coefficient (Wildman–Crippen LogP) is 4.78. The second kappa shape index (κ2) is 8.43. The lowest BCUT2D eigenvalue weighted by Gasteiger charge is -2.18. The lowest BCUT2D eigenvalue weighted by atomic mass is 10.2. The van der Waals surface area contributed by atoms with E-state index in [9.17, 15) is 9.59 Å². The summed E-state index contributed by atoms with van der Waals surface area (Å²) in [7, 11) is 0. The van der Waals surface area contributed by atoms with Crippen molar-refractivity contribution in [3.05, 3.63) is 50.6 Å². The summed E-state index contributed by atoms with van der Waals surface area (Å²) in [5.74, 6) is 0.0235. The van der Waals surface area contributed by atoms with Crippen molar-refractivity contribution in [2.24, 2.45) is 0 Å². The summed E-state index contributed by atoms with van der Waals surface area (Å²) in [5.41, 5.74) is 3.11. The van der Waals surface area contributed by atoms with E-state index < -0.39 is 0 Å². The summed E-state index contributed by atoms with van der Waals surface area (Å²) in [6.07, 6.45) is 7.57. The first-order chi connectivity index (χ1) is 15.0. The molecule has 1 amide bonds. The summed E-state index contributed by atoms with van der Waals surface area (Å²) in [5, 5.41) is 4.21. The van der Waals surface area contributed by atoms with Gasteiger partial charge in [-0.3, -0.25) is 14.2 Å². The SMILES string of the molecule is Cc1ccc(-n2c(SC(C)C(=O)NC3CCCC3)nc3sc4c(c3c2=O)CCC4)cc1. The van der Waals surface area contributed by atoms with Crippen LogP contribution in [0.25, 0.3) is 15.9 Å². The van der Waals surface area contributed by atoms with Crippen LogP contribution in [0.2, 0.25) is 0 Å². The van der Waals surface area contributed by atoms with E-state index in [4.69, 9.17) is 4.98 Å². The number of hydrogen-bond acceptors (Lipinski definition) is 5. The summed E-state index contributed by atoms with van der Waals surface area (Å²) in [6.45, 7) is 3.93. The molecule has 5 nitrogen and oxygen atoms in total. The Morgan fingerprint density at radius 2 is 1.94 bits per heavy atom. The van der Waals surface area contributed by atoms with E-state index in [1.165, 1.54) is 35.0 Å². The molecule has 2 aromatic heterocycles. The van der Waals surface area contributed by atoms with Gasteiger partial charge in [-0.1, -0.05) is 42.3 Å². The van der Waals surface area contributed by atoms with Gasteiger partial charge in [-0.2, -0.15) is 0 Å². The Bertz CT molecular complexity index is 1190. The number of thioether (sulfide) groups is 1. The Morgan fingerprint density at radius 1 is 1.19 bits per heavy atom. The molecule has 7 heteroatoms. The summed E-state index contributed by atoms with van der Waals surface area (Å²) in [6, 6.07) is 8.23. The molecule has 31 heavy (non-hydrogen) atoms. The van der Waals surface area contributed by atoms with Crippen molar-refractivity contribution in [2.45, 2.75) is 75.2 Å². The molecular formula is C24H27N3O2S2. The molecule has 0 radical (unpaired) electrons. The summed E-state index contributed by atoms with van der Waals surface area (Å²) < 4.78 is 1.71. The zero-order valence-corrected chi connectivity index (χ0v) is 19.6. The molecule has 2 heterocycles. The number of nitrogens with one attached hydrogen (secondary N) is 1. The van der Waals surface area contributed by atoms with Crippen LogP contribution in [0.1, 0.15) is 55.0 Å². The number of hydrogen-bond donors (Lipinski definition) is 1. The number of rotatable bonds is 5. The van der Waals surface area contributed by atoms with E-state index in [0.717, 1.165) is 53.6 Å². The second-order valence-corrected chi connectivity index (χ2v) is 11.0. The lowest BCUT2D eigenvalue weighted by Crippen LogP contribution is -2.38. The maximum Gasteiger partial charge on any atom is 0.267 e. The largest absolute Gasteiger partial charge is 0.352 e. The van der Waals surface area contributed by atoms with Gasteiger partial charge in [0.1, 0.15) is 4.83 Å². The Hall–Kier alpha value is -2.12. The Balaban J connectivity index is 1.55. The van der Waals surface area contributed by atoms with Gasteiger partial charge in [0.05, 0.1) is 16.3 Å². The highest BCUT2D eigenvalue weighted by atomic mass is 32.2. The molecule has 1 atom stereocenters. The number of thiophene rings is 1. The zero-order valence-electron chi connectivity index (χ0n) is 17.9. The van der Waals surface area contributed by atoms with Crippen LogP contribution in [-0.4, -0.2) is 26.8 Å². The highest BCUT2D eigenvalue weighted by Crippen LogP contribution is 2.36. The van der Waals surface area contributed by atoms with Crippen molar-refractivity contribution < 1.29 is 4.79 Å². The number of fused-ring (bicyclic) bond motifs is 3. The van der Waals surface area contributed by atoms with Crippen molar-refractivity contribution >= 4 is 39.2 Å². The van der Waals surface area contributed by atoms with Crippen molar-refractivity contribution in [1.82, 2.24) is 14.9 Å². The van der Waals surface area contributed by atoms with Crippen LogP contribution < -0.4 is 10.9 Å². The first-order valence-electron chi connectivity index (χ1n) is 11.1. The number of amides is 1. The summed E-state index contributed by atoms with van der Waals surface area (Å²) >= 11 is 3.02. The number of carbonyl (C=O) groups excluding carboxylic acids is 1. The molecule has 1 unspecified atom stereocenters. The Kier molecular flexibility index (Phi) is 5.65. The molecule has 1 aromatic carbocycles. The van der Waals surface area contributed by atoms with E-state index >= 15 is 0 Å². The molecule has 1 N–H and O–H groups in total. The molecule has 5 rings (SSSR count). The molecule has 1 fully saturated rings. The normalized spacial score (nSPS) is 17.2. The molecule has 0 saturated heterocycles. The number of aryl methyl sites for hydroxylation is 3. The molecule has 2 aliphatic rings. The minimum atomic E-state index is -0.326. The third-order valence-electron chi connectivity index (χ3n) is 6.35. The van der Waals surface area contributed by atoms with Crippen LogP contribution in [0, 0.1) is 6.92 Å². The van der Waals surface area contributed by atoms with E-state index in [1.807, 2.05) is 38.1 Å². The summed E-state index contributed by atoms with van der Waals surface area (Å²) in [4.78, 5) is 33.5. The van der Waals surface area contributed by atoms with Gasteiger partial charge >= 0.3 is 0 Å². The minimum Gasteiger partial charge on any atom is -0.352 e. The molecule has 0 spiro atoms. The third-order valence-corrected chi connectivity index (χ3v) is 8.59. The van der Waals surface area contributed by atoms with Gasteiger partial charge in [0.2, 0.25) is 5.91 Å². The fraction of sp³-hybridized carbons (Fsp3) is 0.458. The van der Waals surface area contributed by atoms with E-state index in [2.05, 4.69) is 5.32 Å². The standard InChI is InChI=1S/C24H27N3O2S2/c1-14-10-12-17(13-11-14)27-23(29)20-18-8-5-9-19(18)31-22(20)26-24(27)30-15(2)21(28)25-16-6-3-4-7-16/h10-13,15-16H,3-9H2,1-2H3,(H,25,28). The predicted molar refractivity (Wildman–Crippen MR) is 128 cm³/mol. The first kappa shape index (κ1) is 20.8. The second-order valence-electron chi connectivity index (χ2n) is 8.66. The molecule has 2 aliphatic carbocycles. The topological polar surface area (TPSA) is 64.0 Å². The first-order valence-corrected chi connectivity index (χ1v) is 12.8. The molecule has 162 valence electrons. The monoisotopic (exact) mass is 453 g/mol. The molecule has 0 bridgehead atoms. The number of benzene rings is 1. The maximum atomic E-state index is 13.7. The molecule has 0 aliphatic heterocycles. The van der Waals surface area contributed by atoms with E-state index in [-0.39, 0.29) is 22.8 Å². The maximum absolute atomic E-state index is 13.7. The highest BCUT2D eigenvalue weighted by Gasteiger charge is 2.27. The fourth-order valence-electron chi connectivity index (χ4n) is 4.63. The van der Waals surface area contributed by atoms with Crippen molar-refractivity contribution in [3.8, 4) is 5.69 Å². The average molecular weight is 454 g/mol. The quantitative estimate of drug-likeness (QED) is 0.446. The smallest absolute Gasteiger partial charge is 0.267 e. The Labute approximate surface area is 190 Å². The zero-order chi connectivity index (χ0) is 21.5. The number of carbonyl (C=O) groups is 1. The molecule has 3 aromatic rings. The number of aromatic nitrogens is 2. The number of nitrogens with zero attached hydrogens (tertiary/aromatic N) is 2. The molecular weight excluding hydrogens is 426 g/mol. The van der Waals surface area contributed by atoms with Gasteiger partial charge in [-0.05, 0) is 63.6 Å². The minimum absolute atomic E-state index is 0.0147. The van der Waals surface area contributed by atoms with Crippen LogP contribution in [-0.2, 0) is 17.6 Å². The van der Waals surface area contributed by atoms with Gasteiger partial charge in [0.15, 0.2) is 5.16 Å².